The van der Waals surface area contributed by atoms with Gasteiger partial charge in [-0.05, 0) is 30.7 Å². The molecule has 5 heteroatoms. The van der Waals surface area contributed by atoms with Gasteiger partial charge in [-0.1, -0.05) is 25.1 Å². The second-order valence-corrected chi connectivity index (χ2v) is 4.92. The maximum Gasteiger partial charge on any atom is 0.262 e. The lowest BCUT2D eigenvalue weighted by atomic mass is 10.2. The van der Waals surface area contributed by atoms with Gasteiger partial charge in [-0.15, -0.1) is 0 Å². The van der Waals surface area contributed by atoms with Gasteiger partial charge in [0.1, 0.15) is 22.8 Å². The summed E-state index contributed by atoms with van der Waals surface area (Å²) in [6, 6.07) is 11.7. The topological polar surface area (TPSA) is 55.0 Å². The summed E-state index contributed by atoms with van der Waals surface area (Å²) in [6.07, 6.45) is 0.911. The second kappa shape index (κ2) is 5.97. The Kier molecular flexibility index (Phi) is 3.87. The van der Waals surface area contributed by atoms with Crippen LogP contribution in [-0.2, 0) is 0 Å². The predicted octanol–water partition coefficient (Wildman–Crippen LogP) is 3.52. The summed E-state index contributed by atoms with van der Waals surface area (Å²) in [5.41, 5.74) is 0.563. The molecule has 1 aromatic heterocycles. The van der Waals surface area contributed by atoms with Crippen LogP contribution in [0.5, 0.6) is 5.75 Å². The summed E-state index contributed by atoms with van der Waals surface area (Å²) < 4.78 is 19.3. The zero-order valence-corrected chi connectivity index (χ0v) is 12.1. The lowest BCUT2D eigenvalue weighted by Crippen LogP contribution is -2.11. The van der Waals surface area contributed by atoms with E-state index >= 15 is 0 Å². The van der Waals surface area contributed by atoms with Gasteiger partial charge >= 0.3 is 0 Å². The highest BCUT2D eigenvalue weighted by molar-refractivity contribution is 5.80. The van der Waals surface area contributed by atoms with Crippen molar-refractivity contribution in [3.8, 4) is 17.1 Å². The van der Waals surface area contributed by atoms with E-state index < -0.39 is 11.4 Å². The Bertz CT molecular complexity index is 874. The standard InChI is InChI=1S/C17H15FN2O2/c1-2-9-22-12-6-3-5-11(10-12)16-19-14-8-4-7-13(18)15(14)17(21)20-16/h3-8,10H,2,9H2,1H3,(H,19,20,21). The average Bonchev–Trinajstić information content (AvgIpc) is 2.53. The Morgan fingerprint density at radius 3 is 2.86 bits per heavy atom. The molecule has 3 rings (SSSR count). The molecule has 112 valence electrons. The summed E-state index contributed by atoms with van der Waals surface area (Å²) >= 11 is 0. The normalized spacial score (nSPS) is 10.8. The quantitative estimate of drug-likeness (QED) is 0.802. The minimum atomic E-state index is -0.571. The highest BCUT2D eigenvalue weighted by Crippen LogP contribution is 2.22. The molecule has 0 spiro atoms. The fourth-order valence-corrected chi connectivity index (χ4v) is 2.24. The van der Waals surface area contributed by atoms with Crippen molar-refractivity contribution < 1.29 is 9.13 Å². The summed E-state index contributed by atoms with van der Waals surface area (Å²) in [5, 5.41) is -0.0235. The molecule has 1 N–H and O–H groups in total. The summed E-state index contributed by atoms with van der Waals surface area (Å²) in [5.74, 6) is 0.532. The maximum absolute atomic E-state index is 13.7. The molecule has 0 fully saturated rings. The molecule has 0 saturated carbocycles. The number of rotatable bonds is 4. The molecule has 1 heterocycles. The van der Waals surface area contributed by atoms with Crippen LogP contribution in [0.25, 0.3) is 22.3 Å². The van der Waals surface area contributed by atoms with Crippen molar-refractivity contribution in [3.05, 3.63) is 58.6 Å². The molecule has 0 atom stereocenters. The van der Waals surface area contributed by atoms with Gasteiger partial charge in [-0.3, -0.25) is 4.79 Å². The molecule has 4 nitrogen and oxygen atoms in total. The Morgan fingerprint density at radius 1 is 1.23 bits per heavy atom. The molecule has 0 amide bonds. The molecule has 2 aromatic carbocycles. The summed E-state index contributed by atoms with van der Waals surface area (Å²) in [6.45, 7) is 2.65. The number of aromatic nitrogens is 2. The van der Waals surface area contributed by atoms with Crippen molar-refractivity contribution in [2.75, 3.05) is 6.61 Å². The third-order valence-corrected chi connectivity index (χ3v) is 3.26. The Balaban J connectivity index is 2.09. The molecule has 22 heavy (non-hydrogen) atoms. The number of halogens is 1. The van der Waals surface area contributed by atoms with E-state index in [1.807, 2.05) is 25.1 Å². The molecule has 0 aliphatic rings. The monoisotopic (exact) mass is 298 g/mol. The van der Waals surface area contributed by atoms with E-state index in [1.54, 1.807) is 12.1 Å². The predicted molar refractivity (Wildman–Crippen MR) is 83.5 cm³/mol. The Labute approximate surface area is 126 Å². The van der Waals surface area contributed by atoms with Gasteiger partial charge in [-0.2, -0.15) is 0 Å². The lowest BCUT2D eigenvalue weighted by molar-refractivity contribution is 0.317. The highest BCUT2D eigenvalue weighted by Gasteiger charge is 2.10. The minimum absolute atomic E-state index is 0.0235. The van der Waals surface area contributed by atoms with Gasteiger partial charge < -0.3 is 9.72 Å². The molecule has 0 radical (unpaired) electrons. The third-order valence-electron chi connectivity index (χ3n) is 3.26. The van der Waals surface area contributed by atoms with E-state index in [0.29, 0.717) is 23.7 Å². The van der Waals surface area contributed by atoms with E-state index in [2.05, 4.69) is 9.97 Å². The van der Waals surface area contributed by atoms with Gasteiger partial charge in [-0.25, -0.2) is 9.37 Å². The molecule has 0 unspecified atom stereocenters. The fourth-order valence-electron chi connectivity index (χ4n) is 2.24. The average molecular weight is 298 g/mol. The van der Waals surface area contributed by atoms with Crippen molar-refractivity contribution in [3.63, 3.8) is 0 Å². The molecular formula is C17H15FN2O2. The largest absolute Gasteiger partial charge is 0.494 e. The second-order valence-electron chi connectivity index (χ2n) is 4.92. The number of nitrogens with one attached hydrogen (secondary N) is 1. The van der Waals surface area contributed by atoms with Crippen LogP contribution < -0.4 is 10.3 Å². The highest BCUT2D eigenvalue weighted by atomic mass is 19.1. The molecule has 0 saturated heterocycles. The van der Waals surface area contributed by atoms with Gasteiger partial charge in [0.05, 0.1) is 12.1 Å². The zero-order valence-electron chi connectivity index (χ0n) is 12.1. The van der Waals surface area contributed by atoms with E-state index in [9.17, 15) is 9.18 Å². The van der Waals surface area contributed by atoms with Crippen molar-refractivity contribution >= 4 is 10.9 Å². The number of nitrogens with zero attached hydrogens (tertiary/aromatic N) is 1. The number of H-pyrrole nitrogens is 1. The number of fused-ring (bicyclic) bond motifs is 1. The van der Waals surface area contributed by atoms with Gasteiger partial charge in [0, 0.05) is 5.56 Å². The maximum atomic E-state index is 13.7. The fraction of sp³-hybridized carbons (Fsp3) is 0.176. The lowest BCUT2D eigenvalue weighted by Gasteiger charge is -2.07. The zero-order chi connectivity index (χ0) is 15.5. The van der Waals surface area contributed by atoms with E-state index in [4.69, 9.17) is 4.74 Å². The van der Waals surface area contributed by atoms with E-state index in [-0.39, 0.29) is 5.39 Å². The summed E-state index contributed by atoms with van der Waals surface area (Å²) in [7, 11) is 0. The van der Waals surface area contributed by atoms with Crippen LogP contribution in [-0.4, -0.2) is 16.6 Å². The minimum Gasteiger partial charge on any atom is -0.494 e. The van der Waals surface area contributed by atoms with Crippen molar-refractivity contribution in [2.45, 2.75) is 13.3 Å². The number of hydrogen-bond acceptors (Lipinski definition) is 3. The van der Waals surface area contributed by atoms with Crippen LogP contribution in [0.2, 0.25) is 0 Å². The number of ether oxygens (including phenoxy) is 1. The molecule has 0 bridgehead atoms. The number of aromatic amines is 1. The third kappa shape index (κ3) is 2.70. The molecular weight excluding hydrogens is 283 g/mol. The van der Waals surface area contributed by atoms with Gasteiger partial charge in [0.25, 0.3) is 5.56 Å². The van der Waals surface area contributed by atoms with Gasteiger partial charge in [0.2, 0.25) is 0 Å². The van der Waals surface area contributed by atoms with Crippen LogP contribution in [0.1, 0.15) is 13.3 Å². The number of hydrogen-bond donors (Lipinski definition) is 1. The molecule has 3 aromatic rings. The Morgan fingerprint density at radius 2 is 2.05 bits per heavy atom. The first-order valence-corrected chi connectivity index (χ1v) is 7.11. The molecule has 0 aliphatic heterocycles. The Hall–Kier alpha value is -2.69. The van der Waals surface area contributed by atoms with Crippen LogP contribution in [0, 0.1) is 5.82 Å². The van der Waals surface area contributed by atoms with Crippen molar-refractivity contribution in [1.29, 1.82) is 0 Å². The van der Waals surface area contributed by atoms with Crippen LogP contribution >= 0.6 is 0 Å². The van der Waals surface area contributed by atoms with Gasteiger partial charge in [0.15, 0.2) is 0 Å². The molecule has 0 aliphatic carbocycles. The SMILES string of the molecule is CCCOc1cccc(-c2nc3cccc(F)c3c(=O)[nH]2)c1. The van der Waals surface area contributed by atoms with E-state index in [0.717, 1.165) is 12.0 Å². The van der Waals surface area contributed by atoms with E-state index in [1.165, 1.54) is 12.1 Å². The van der Waals surface area contributed by atoms with Crippen molar-refractivity contribution in [2.24, 2.45) is 0 Å². The van der Waals surface area contributed by atoms with Crippen LogP contribution in [0.3, 0.4) is 0 Å². The van der Waals surface area contributed by atoms with Crippen LogP contribution in [0.4, 0.5) is 4.39 Å². The first-order valence-electron chi connectivity index (χ1n) is 7.11. The smallest absolute Gasteiger partial charge is 0.262 e. The first-order chi connectivity index (χ1) is 10.7. The van der Waals surface area contributed by atoms with Crippen molar-refractivity contribution in [1.82, 2.24) is 9.97 Å². The summed E-state index contributed by atoms with van der Waals surface area (Å²) in [4.78, 5) is 19.0. The first kappa shape index (κ1) is 14.3. The van der Waals surface area contributed by atoms with Crippen LogP contribution in [0.15, 0.2) is 47.3 Å². The number of benzene rings is 2.